The van der Waals surface area contributed by atoms with Gasteiger partial charge >= 0.3 is 4.87 Å². The Morgan fingerprint density at radius 1 is 1.03 bits per heavy atom. The largest absolute Gasteiger partial charge is 0.493 e. The van der Waals surface area contributed by atoms with E-state index in [4.69, 9.17) is 9.47 Å². The highest BCUT2D eigenvalue weighted by Crippen LogP contribution is 2.52. The fourth-order valence-corrected chi connectivity index (χ4v) is 7.19. The van der Waals surface area contributed by atoms with Crippen LogP contribution >= 0.6 is 23.1 Å². The van der Waals surface area contributed by atoms with E-state index in [1.54, 1.807) is 42.5 Å². The number of hydrogen-bond donors (Lipinski definition) is 2. The molecule has 2 aliphatic heterocycles. The highest BCUT2D eigenvalue weighted by Gasteiger charge is 2.53. The molecule has 0 bridgehead atoms. The lowest BCUT2D eigenvalue weighted by atomic mass is 9.83. The van der Waals surface area contributed by atoms with Crippen LogP contribution in [0.15, 0.2) is 58.4 Å². The molecule has 1 fully saturated rings. The molecule has 2 aliphatic rings. The molecule has 11 heteroatoms. The van der Waals surface area contributed by atoms with Crippen molar-refractivity contribution in [1.82, 2.24) is 9.88 Å². The summed E-state index contributed by atoms with van der Waals surface area (Å²) in [5, 5.41) is 5.01. The maximum absolute atomic E-state index is 13.0. The Hall–Kier alpha value is -3.57. The van der Waals surface area contributed by atoms with E-state index in [-0.39, 0.29) is 23.2 Å². The van der Waals surface area contributed by atoms with E-state index >= 15 is 0 Å². The molecule has 3 heterocycles. The monoisotopic (exact) mass is 511 g/mol. The second kappa shape index (κ2) is 9.23. The number of rotatable bonds is 6. The molecule has 0 unspecified atom stereocenters. The topological polar surface area (TPSA) is 116 Å². The van der Waals surface area contributed by atoms with Crippen LogP contribution in [0.3, 0.4) is 0 Å². The average molecular weight is 512 g/mol. The zero-order valence-corrected chi connectivity index (χ0v) is 20.4. The highest BCUT2D eigenvalue weighted by atomic mass is 32.2. The number of fused-ring (bicyclic) bond motifs is 2. The number of methoxy groups -OCH3 is 2. The highest BCUT2D eigenvalue weighted by molar-refractivity contribution is 8.00. The lowest BCUT2D eigenvalue weighted by Crippen LogP contribution is -2.32. The molecule has 0 aliphatic carbocycles. The van der Waals surface area contributed by atoms with Gasteiger partial charge in [-0.05, 0) is 29.8 Å². The molecule has 3 atom stereocenters. The van der Waals surface area contributed by atoms with Gasteiger partial charge in [-0.25, -0.2) is 0 Å². The van der Waals surface area contributed by atoms with Crippen molar-refractivity contribution in [2.24, 2.45) is 5.92 Å². The number of aromatic nitrogens is 1. The number of benzene rings is 2. The van der Waals surface area contributed by atoms with Gasteiger partial charge in [-0.15, -0.1) is 0 Å². The molecule has 1 saturated heterocycles. The summed E-state index contributed by atoms with van der Waals surface area (Å²) in [6.45, 7) is -0.210. The first-order valence-electron chi connectivity index (χ1n) is 10.7. The predicted molar refractivity (Wildman–Crippen MR) is 131 cm³/mol. The third kappa shape index (κ3) is 4.10. The summed E-state index contributed by atoms with van der Waals surface area (Å²) in [5.74, 6) is -1.40. The van der Waals surface area contributed by atoms with Crippen LogP contribution in [0.25, 0.3) is 0 Å². The molecule has 9 nitrogen and oxygen atoms in total. The first kappa shape index (κ1) is 23.2. The van der Waals surface area contributed by atoms with E-state index in [2.05, 4.69) is 10.6 Å². The van der Waals surface area contributed by atoms with Crippen LogP contribution < -0.4 is 25.0 Å². The van der Waals surface area contributed by atoms with Gasteiger partial charge in [-0.1, -0.05) is 47.4 Å². The molecule has 5 rings (SSSR count). The van der Waals surface area contributed by atoms with Crippen LogP contribution in [0.5, 0.6) is 11.5 Å². The Morgan fingerprint density at radius 3 is 2.49 bits per heavy atom. The molecule has 2 N–H and O–H groups in total. The van der Waals surface area contributed by atoms with E-state index in [0.29, 0.717) is 32.7 Å². The summed E-state index contributed by atoms with van der Waals surface area (Å²) in [6, 6.07) is 14.2. The first-order chi connectivity index (χ1) is 16.9. The number of imide groups is 1. The molecule has 35 heavy (non-hydrogen) atoms. The Balaban J connectivity index is 1.57. The molecule has 180 valence electrons. The predicted octanol–water partition coefficient (Wildman–Crippen LogP) is 2.44. The van der Waals surface area contributed by atoms with Crippen molar-refractivity contribution in [1.29, 1.82) is 0 Å². The molecule has 1 aromatic heterocycles. The van der Waals surface area contributed by atoms with Crippen LogP contribution in [0.4, 0.5) is 5.69 Å². The number of carbonyl (C=O) groups excluding carboxylic acids is 3. The fourth-order valence-electron chi connectivity index (χ4n) is 4.45. The van der Waals surface area contributed by atoms with Gasteiger partial charge in [0.15, 0.2) is 11.5 Å². The van der Waals surface area contributed by atoms with Gasteiger partial charge in [0.1, 0.15) is 11.8 Å². The third-order valence-corrected chi connectivity index (χ3v) is 8.63. The number of anilines is 1. The van der Waals surface area contributed by atoms with E-state index in [1.165, 1.54) is 18.8 Å². The summed E-state index contributed by atoms with van der Waals surface area (Å²) in [7, 11) is 3.04. The number of para-hydroxylation sites is 1. The molecule has 2 aromatic carbocycles. The van der Waals surface area contributed by atoms with Gasteiger partial charge in [-0.2, -0.15) is 0 Å². The molecule has 3 aromatic rings. The first-order valence-corrected chi connectivity index (χ1v) is 12.4. The maximum atomic E-state index is 13.0. The number of thioether (sulfide) groups is 1. The minimum Gasteiger partial charge on any atom is -0.493 e. The lowest BCUT2D eigenvalue weighted by molar-refractivity contribution is -0.126. The lowest BCUT2D eigenvalue weighted by Gasteiger charge is -2.31. The minimum atomic E-state index is -0.717. The van der Waals surface area contributed by atoms with Gasteiger partial charge in [0, 0.05) is 16.5 Å². The fraction of sp³-hybridized carbons (Fsp3) is 0.250. The van der Waals surface area contributed by atoms with Crippen LogP contribution in [0, 0.1) is 5.92 Å². The standard InChI is InChI=1S/C24H21N3O6S2/c1-32-14-9-8-12(10-15(14)33-2)17-18-19(22(30)26-21(18)29)34-23-20(17)35-24(31)27(23)11-16(28)25-13-6-4-3-5-7-13/h3-10,17-19H,11H2,1-2H3,(H,25,28)(H,26,29,30)/t17-,18+,19-/m0/s1. The number of thiazole rings is 1. The summed E-state index contributed by atoms with van der Waals surface area (Å²) in [6.07, 6.45) is 0. The second-order valence-electron chi connectivity index (χ2n) is 8.05. The van der Waals surface area contributed by atoms with Crippen molar-refractivity contribution in [2.45, 2.75) is 22.7 Å². The molecular formula is C24H21N3O6S2. The zero-order valence-electron chi connectivity index (χ0n) is 18.8. The van der Waals surface area contributed by atoms with Crippen molar-refractivity contribution < 1.29 is 23.9 Å². The number of hydrogen-bond acceptors (Lipinski definition) is 8. The number of ether oxygens (including phenoxy) is 2. The molecule has 3 amide bonds. The van der Waals surface area contributed by atoms with Gasteiger partial charge in [-0.3, -0.25) is 29.1 Å². The van der Waals surface area contributed by atoms with Crippen molar-refractivity contribution in [3.8, 4) is 11.5 Å². The number of amides is 3. The molecule has 0 saturated carbocycles. The number of nitrogens with zero attached hydrogens (tertiary/aromatic N) is 1. The summed E-state index contributed by atoms with van der Waals surface area (Å²) in [5.41, 5.74) is 1.33. The van der Waals surface area contributed by atoms with E-state index in [1.807, 2.05) is 6.07 Å². The van der Waals surface area contributed by atoms with Gasteiger partial charge in [0.2, 0.25) is 17.7 Å². The van der Waals surface area contributed by atoms with Crippen LogP contribution in [-0.4, -0.2) is 41.8 Å². The Kier molecular flexibility index (Phi) is 6.12. The quantitative estimate of drug-likeness (QED) is 0.489. The zero-order chi connectivity index (χ0) is 24.7. The normalized spacial score (nSPS) is 20.6. The van der Waals surface area contributed by atoms with Crippen molar-refractivity contribution in [3.05, 3.63) is 68.6 Å². The number of carbonyl (C=O) groups is 3. The maximum Gasteiger partial charge on any atom is 0.308 e. The summed E-state index contributed by atoms with van der Waals surface area (Å²) >= 11 is 2.14. The Morgan fingerprint density at radius 2 is 1.77 bits per heavy atom. The number of nitrogens with one attached hydrogen (secondary N) is 2. The molecule has 0 spiro atoms. The van der Waals surface area contributed by atoms with Crippen molar-refractivity contribution >= 4 is 46.5 Å². The smallest absolute Gasteiger partial charge is 0.308 e. The van der Waals surface area contributed by atoms with Crippen LogP contribution in [-0.2, 0) is 20.9 Å². The SMILES string of the molecule is COc1ccc([C@@H]2c3sc(=O)n(CC(=O)Nc4ccccc4)c3S[C@@H]3C(=O)NC(=O)[C@H]23)cc1OC. The van der Waals surface area contributed by atoms with E-state index in [9.17, 15) is 19.2 Å². The van der Waals surface area contributed by atoms with Crippen molar-refractivity contribution in [2.75, 3.05) is 19.5 Å². The van der Waals surface area contributed by atoms with Gasteiger partial charge in [0.05, 0.1) is 25.2 Å². The minimum absolute atomic E-state index is 0.210. The molecular weight excluding hydrogens is 490 g/mol. The average Bonchev–Trinajstić information content (AvgIpc) is 3.32. The Bertz CT molecular complexity index is 1380. The van der Waals surface area contributed by atoms with Crippen LogP contribution in [0.2, 0.25) is 0 Å². The summed E-state index contributed by atoms with van der Waals surface area (Å²) in [4.78, 5) is 51.5. The van der Waals surface area contributed by atoms with Gasteiger partial charge < -0.3 is 14.8 Å². The summed E-state index contributed by atoms with van der Waals surface area (Å²) < 4.78 is 12.1. The van der Waals surface area contributed by atoms with E-state index in [0.717, 1.165) is 23.1 Å². The third-order valence-electron chi connectivity index (χ3n) is 6.01. The van der Waals surface area contributed by atoms with E-state index < -0.39 is 23.0 Å². The Labute approximate surface area is 208 Å². The second-order valence-corrected chi connectivity index (χ2v) is 10.2. The van der Waals surface area contributed by atoms with Gasteiger partial charge in [0.25, 0.3) is 0 Å². The van der Waals surface area contributed by atoms with Crippen molar-refractivity contribution in [3.63, 3.8) is 0 Å². The molecule has 0 radical (unpaired) electrons. The van der Waals surface area contributed by atoms with Crippen LogP contribution in [0.1, 0.15) is 16.4 Å².